The lowest BCUT2D eigenvalue weighted by Crippen LogP contribution is -2.54. The molecule has 0 aromatic heterocycles. The Balaban J connectivity index is 1.85. The van der Waals surface area contributed by atoms with Gasteiger partial charge < -0.3 is 10.2 Å². The highest BCUT2D eigenvalue weighted by Crippen LogP contribution is 2.33. The first-order chi connectivity index (χ1) is 21.9. The van der Waals surface area contributed by atoms with E-state index in [0.717, 1.165) is 15.4 Å². The van der Waals surface area contributed by atoms with E-state index in [9.17, 15) is 18.0 Å². The summed E-state index contributed by atoms with van der Waals surface area (Å²) in [6, 6.07) is 24.2. The average molecular weight is 685 g/mol. The largest absolute Gasteiger partial charge is 0.352 e. The van der Waals surface area contributed by atoms with Gasteiger partial charge in [0.05, 0.1) is 15.6 Å². The van der Waals surface area contributed by atoms with Gasteiger partial charge >= 0.3 is 0 Å². The van der Waals surface area contributed by atoms with Crippen molar-refractivity contribution in [2.75, 3.05) is 10.8 Å². The second kappa shape index (κ2) is 15.6. The number of halogens is 3. The van der Waals surface area contributed by atoms with Gasteiger partial charge in [0.25, 0.3) is 10.0 Å². The molecule has 2 amide bonds. The van der Waals surface area contributed by atoms with Crippen LogP contribution in [0.1, 0.15) is 37.0 Å². The molecule has 0 aliphatic carbocycles. The molecule has 0 heterocycles. The maximum Gasteiger partial charge on any atom is 0.264 e. The number of hydrogen-bond donors (Lipinski definition) is 1. The summed E-state index contributed by atoms with van der Waals surface area (Å²) in [4.78, 5) is 29.5. The van der Waals surface area contributed by atoms with Gasteiger partial charge in [-0.3, -0.25) is 13.9 Å². The minimum Gasteiger partial charge on any atom is -0.352 e. The van der Waals surface area contributed by atoms with E-state index in [1.807, 2.05) is 51.1 Å². The Bertz CT molecular complexity index is 1770. The number of rotatable bonds is 13. The predicted molar refractivity (Wildman–Crippen MR) is 181 cm³/mol. The lowest BCUT2D eigenvalue weighted by Gasteiger charge is -2.34. The SMILES string of the molecule is CC[C@H](C)NC(=O)[C@H](Cc1ccccc1)N(Cc1ccccc1F)C(=O)CN(c1cc(Cl)ccc1Cl)S(=O)(=O)c1ccc(C)cc1. The number of sulfonamides is 1. The minimum absolute atomic E-state index is 0.0161. The van der Waals surface area contributed by atoms with Crippen LogP contribution >= 0.6 is 23.2 Å². The van der Waals surface area contributed by atoms with Gasteiger partial charge in [0, 0.05) is 29.6 Å². The zero-order valence-corrected chi connectivity index (χ0v) is 28.1. The van der Waals surface area contributed by atoms with E-state index in [0.29, 0.717) is 6.42 Å². The Hall–Kier alpha value is -3.92. The fourth-order valence-corrected chi connectivity index (χ4v) is 6.69. The van der Waals surface area contributed by atoms with Crippen molar-refractivity contribution in [1.29, 1.82) is 0 Å². The normalized spacial score (nSPS) is 12.7. The summed E-state index contributed by atoms with van der Waals surface area (Å²) in [6.07, 6.45) is 0.743. The highest BCUT2D eigenvalue weighted by molar-refractivity contribution is 7.92. The van der Waals surface area contributed by atoms with Crippen LogP contribution in [0.4, 0.5) is 10.1 Å². The van der Waals surface area contributed by atoms with Crippen LogP contribution in [-0.2, 0) is 32.6 Å². The van der Waals surface area contributed by atoms with Gasteiger partial charge in [-0.15, -0.1) is 0 Å². The first kappa shape index (κ1) is 34.9. The number of nitrogens with zero attached hydrogens (tertiary/aromatic N) is 2. The number of nitrogens with one attached hydrogen (secondary N) is 1. The Morgan fingerprint density at radius 3 is 2.22 bits per heavy atom. The first-order valence-corrected chi connectivity index (χ1v) is 17.0. The lowest BCUT2D eigenvalue weighted by atomic mass is 10.0. The Morgan fingerprint density at radius 2 is 1.57 bits per heavy atom. The molecule has 0 saturated carbocycles. The highest BCUT2D eigenvalue weighted by Gasteiger charge is 2.36. The van der Waals surface area contributed by atoms with Crippen molar-refractivity contribution in [3.8, 4) is 0 Å². The molecule has 0 bridgehead atoms. The molecule has 0 unspecified atom stereocenters. The summed E-state index contributed by atoms with van der Waals surface area (Å²) in [6.45, 7) is 4.55. The average Bonchev–Trinajstić information content (AvgIpc) is 3.04. The van der Waals surface area contributed by atoms with Crippen molar-refractivity contribution >= 4 is 50.7 Å². The topological polar surface area (TPSA) is 86.8 Å². The smallest absolute Gasteiger partial charge is 0.264 e. The van der Waals surface area contributed by atoms with Crippen LogP contribution in [0.3, 0.4) is 0 Å². The Labute approximate surface area is 280 Å². The molecule has 4 aromatic carbocycles. The van der Waals surface area contributed by atoms with Crippen LogP contribution in [0.25, 0.3) is 0 Å². The Morgan fingerprint density at radius 1 is 0.913 bits per heavy atom. The van der Waals surface area contributed by atoms with Gasteiger partial charge in [0.2, 0.25) is 11.8 Å². The number of aryl methyl sites for hydroxylation is 1. The van der Waals surface area contributed by atoms with Crippen LogP contribution in [-0.4, -0.2) is 43.8 Å². The molecule has 7 nitrogen and oxygen atoms in total. The Kier molecular flexibility index (Phi) is 11.8. The van der Waals surface area contributed by atoms with E-state index in [4.69, 9.17) is 23.2 Å². The molecule has 0 saturated heterocycles. The summed E-state index contributed by atoms with van der Waals surface area (Å²) < 4.78 is 44.3. The van der Waals surface area contributed by atoms with Gasteiger partial charge in [0.15, 0.2) is 0 Å². The third kappa shape index (κ3) is 8.66. The number of hydrogen-bond acceptors (Lipinski definition) is 4. The van der Waals surface area contributed by atoms with Crippen LogP contribution in [0.5, 0.6) is 0 Å². The molecule has 4 aromatic rings. The third-order valence-corrected chi connectivity index (χ3v) is 9.96. The lowest BCUT2D eigenvalue weighted by molar-refractivity contribution is -0.140. The van der Waals surface area contributed by atoms with Crippen LogP contribution in [0.2, 0.25) is 10.0 Å². The monoisotopic (exact) mass is 683 g/mol. The molecule has 0 aliphatic rings. The van der Waals surface area contributed by atoms with E-state index in [-0.39, 0.29) is 45.2 Å². The maximum absolute atomic E-state index is 15.1. The molecule has 242 valence electrons. The van der Waals surface area contributed by atoms with Gasteiger partial charge in [-0.05, 0) is 62.2 Å². The molecule has 11 heteroatoms. The molecular formula is C35H36Cl2FN3O4S. The van der Waals surface area contributed by atoms with Gasteiger partial charge in [0.1, 0.15) is 18.4 Å². The molecule has 0 aliphatic heterocycles. The number of anilines is 1. The fourth-order valence-electron chi connectivity index (χ4n) is 4.83. The molecule has 4 rings (SSSR count). The summed E-state index contributed by atoms with van der Waals surface area (Å²) in [5, 5.41) is 3.20. The predicted octanol–water partition coefficient (Wildman–Crippen LogP) is 7.19. The maximum atomic E-state index is 15.1. The van der Waals surface area contributed by atoms with Crippen molar-refractivity contribution < 1.29 is 22.4 Å². The molecule has 46 heavy (non-hydrogen) atoms. The summed E-state index contributed by atoms with van der Waals surface area (Å²) in [5.41, 5.74) is 1.76. The van der Waals surface area contributed by atoms with Crippen molar-refractivity contribution in [2.45, 2.75) is 57.1 Å². The molecule has 0 spiro atoms. The van der Waals surface area contributed by atoms with E-state index < -0.39 is 40.2 Å². The van der Waals surface area contributed by atoms with Gasteiger partial charge in [-0.1, -0.05) is 96.4 Å². The zero-order chi connectivity index (χ0) is 33.4. The van der Waals surface area contributed by atoms with E-state index in [1.165, 1.54) is 53.4 Å². The summed E-state index contributed by atoms with van der Waals surface area (Å²) >= 11 is 12.8. The molecule has 1 N–H and O–H groups in total. The van der Waals surface area contributed by atoms with Crippen molar-refractivity contribution in [1.82, 2.24) is 10.2 Å². The van der Waals surface area contributed by atoms with E-state index in [2.05, 4.69) is 5.32 Å². The first-order valence-electron chi connectivity index (χ1n) is 14.8. The molecule has 2 atom stereocenters. The quantitative estimate of drug-likeness (QED) is 0.162. The van der Waals surface area contributed by atoms with Crippen molar-refractivity contribution in [3.63, 3.8) is 0 Å². The van der Waals surface area contributed by atoms with E-state index >= 15 is 4.39 Å². The minimum atomic E-state index is -4.38. The fraction of sp³-hybridized carbons (Fsp3) is 0.257. The second-order valence-electron chi connectivity index (χ2n) is 11.1. The highest BCUT2D eigenvalue weighted by atomic mass is 35.5. The van der Waals surface area contributed by atoms with E-state index in [1.54, 1.807) is 18.2 Å². The number of carbonyl (C=O) groups excluding carboxylic acids is 2. The molecule has 0 radical (unpaired) electrons. The molecule has 0 fully saturated rings. The zero-order valence-electron chi connectivity index (χ0n) is 25.8. The van der Waals surface area contributed by atoms with Crippen LogP contribution in [0, 0.1) is 12.7 Å². The number of carbonyl (C=O) groups is 2. The van der Waals surface area contributed by atoms with Crippen molar-refractivity contribution in [3.05, 3.63) is 130 Å². The standard InChI is InChI=1S/C35H36Cl2FN3O4S/c1-4-25(3)39-35(43)33(20-26-10-6-5-7-11-26)40(22-27-12-8-9-13-31(27)38)34(42)23-41(32-21-28(36)16-19-30(32)37)46(44,45)29-17-14-24(2)15-18-29/h5-19,21,25,33H,4,20,22-23H2,1-3H3,(H,39,43)/t25-,33-/m0/s1. The second-order valence-corrected chi connectivity index (χ2v) is 13.8. The number of benzene rings is 4. The summed E-state index contributed by atoms with van der Waals surface area (Å²) in [7, 11) is -4.38. The number of amides is 2. The summed E-state index contributed by atoms with van der Waals surface area (Å²) in [5.74, 6) is -1.75. The van der Waals surface area contributed by atoms with Crippen molar-refractivity contribution in [2.24, 2.45) is 0 Å². The van der Waals surface area contributed by atoms with Gasteiger partial charge in [-0.2, -0.15) is 0 Å². The van der Waals surface area contributed by atoms with Gasteiger partial charge in [-0.25, -0.2) is 12.8 Å². The van der Waals surface area contributed by atoms with Crippen LogP contribution in [0.15, 0.2) is 102 Å². The van der Waals surface area contributed by atoms with Crippen LogP contribution < -0.4 is 9.62 Å². The third-order valence-electron chi connectivity index (χ3n) is 7.64. The molecular weight excluding hydrogens is 648 g/mol.